The number of nitrogens with zero attached hydrogens (tertiary/aromatic N) is 1. The van der Waals surface area contributed by atoms with Crippen LogP contribution < -0.4 is 5.73 Å². The molecule has 6 heteroatoms. The third-order valence-electron chi connectivity index (χ3n) is 1.75. The van der Waals surface area contributed by atoms with E-state index in [2.05, 4.69) is 10.2 Å². The number of carbonyl (C=O) groups excluding carboxylic acids is 1. The quantitative estimate of drug-likeness (QED) is 0.606. The molecular formula is C7H9N3O3. The minimum absolute atomic E-state index is 0.143. The molecule has 13 heavy (non-hydrogen) atoms. The highest BCUT2D eigenvalue weighted by Gasteiger charge is 2.24. The van der Waals surface area contributed by atoms with Gasteiger partial charge in [0.05, 0.1) is 25.1 Å². The second-order valence-corrected chi connectivity index (χ2v) is 2.77. The largest absolute Gasteiger partial charge is 0.453 e. The average molecular weight is 183 g/mol. The lowest BCUT2D eigenvalue weighted by Crippen LogP contribution is -2.38. The minimum atomic E-state index is -0.483. The topological polar surface area (TPSA) is 90.2 Å². The lowest BCUT2D eigenvalue weighted by molar-refractivity contribution is -0.103. The first-order chi connectivity index (χ1) is 6.27. The second kappa shape index (κ2) is 3.06. The number of aromatic amines is 1. The van der Waals surface area contributed by atoms with Crippen LogP contribution in [0.5, 0.6) is 0 Å². The molecule has 6 nitrogen and oxygen atoms in total. The van der Waals surface area contributed by atoms with Crippen LogP contribution in [0.2, 0.25) is 0 Å². The maximum absolute atomic E-state index is 11.3. The van der Waals surface area contributed by atoms with Gasteiger partial charge in [-0.3, -0.25) is 5.10 Å². The summed E-state index contributed by atoms with van der Waals surface area (Å²) < 4.78 is 9.85. The predicted octanol–water partition coefficient (Wildman–Crippen LogP) is -0.453. The van der Waals surface area contributed by atoms with Crippen molar-refractivity contribution in [2.45, 2.75) is 6.10 Å². The SMILES string of the molecule is Nc1cn[nH]c1C(=O)OC1COC1. The number of aromatic nitrogens is 2. The minimum Gasteiger partial charge on any atom is -0.453 e. The van der Waals surface area contributed by atoms with Gasteiger partial charge in [-0.05, 0) is 0 Å². The third-order valence-corrected chi connectivity index (χ3v) is 1.75. The molecule has 0 aliphatic carbocycles. The smallest absolute Gasteiger partial charge is 0.358 e. The van der Waals surface area contributed by atoms with E-state index in [1.54, 1.807) is 0 Å². The molecule has 0 amide bonds. The van der Waals surface area contributed by atoms with E-state index in [0.717, 1.165) is 0 Å². The number of ether oxygens (including phenoxy) is 2. The molecule has 1 aromatic rings. The molecule has 0 unspecified atom stereocenters. The van der Waals surface area contributed by atoms with E-state index in [1.807, 2.05) is 0 Å². The summed E-state index contributed by atoms with van der Waals surface area (Å²) >= 11 is 0. The van der Waals surface area contributed by atoms with Gasteiger partial charge in [0.2, 0.25) is 0 Å². The van der Waals surface area contributed by atoms with E-state index >= 15 is 0 Å². The van der Waals surface area contributed by atoms with Crippen molar-refractivity contribution < 1.29 is 14.3 Å². The number of esters is 1. The van der Waals surface area contributed by atoms with Gasteiger partial charge < -0.3 is 15.2 Å². The maximum Gasteiger partial charge on any atom is 0.358 e. The lowest BCUT2D eigenvalue weighted by Gasteiger charge is -2.25. The molecule has 1 fully saturated rings. The van der Waals surface area contributed by atoms with Crippen molar-refractivity contribution in [2.24, 2.45) is 0 Å². The van der Waals surface area contributed by atoms with Gasteiger partial charge in [0.15, 0.2) is 5.69 Å². The Hall–Kier alpha value is -1.56. The fraction of sp³-hybridized carbons (Fsp3) is 0.429. The molecule has 1 saturated heterocycles. The van der Waals surface area contributed by atoms with Crippen LogP contribution in [-0.4, -0.2) is 35.5 Å². The van der Waals surface area contributed by atoms with Gasteiger partial charge in [-0.15, -0.1) is 0 Å². The second-order valence-electron chi connectivity index (χ2n) is 2.77. The Kier molecular flexibility index (Phi) is 1.90. The van der Waals surface area contributed by atoms with Gasteiger partial charge in [0, 0.05) is 0 Å². The summed E-state index contributed by atoms with van der Waals surface area (Å²) in [7, 11) is 0. The van der Waals surface area contributed by atoms with Crippen LogP contribution in [0, 0.1) is 0 Å². The molecular weight excluding hydrogens is 174 g/mol. The zero-order valence-corrected chi connectivity index (χ0v) is 6.82. The van der Waals surface area contributed by atoms with Crippen molar-refractivity contribution in [2.75, 3.05) is 18.9 Å². The molecule has 0 radical (unpaired) electrons. The van der Waals surface area contributed by atoms with E-state index in [-0.39, 0.29) is 11.8 Å². The molecule has 2 rings (SSSR count). The molecule has 0 aromatic carbocycles. The summed E-state index contributed by atoms with van der Waals surface area (Å²) in [5, 5.41) is 6.08. The van der Waals surface area contributed by atoms with E-state index in [4.69, 9.17) is 15.2 Å². The zero-order chi connectivity index (χ0) is 9.26. The fourth-order valence-corrected chi connectivity index (χ4v) is 0.951. The Bertz CT molecular complexity index is 319. The highest BCUT2D eigenvalue weighted by atomic mass is 16.6. The van der Waals surface area contributed by atoms with Crippen molar-refractivity contribution in [3.8, 4) is 0 Å². The number of nitrogens with two attached hydrogens (primary N) is 1. The first-order valence-corrected chi connectivity index (χ1v) is 3.85. The first-order valence-electron chi connectivity index (χ1n) is 3.85. The van der Waals surface area contributed by atoms with Crippen molar-refractivity contribution in [1.82, 2.24) is 10.2 Å². The molecule has 0 atom stereocenters. The number of H-pyrrole nitrogens is 1. The number of hydrogen-bond acceptors (Lipinski definition) is 5. The van der Waals surface area contributed by atoms with E-state index in [9.17, 15) is 4.79 Å². The van der Waals surface area contributed by atoms with E-state index < -0.39 is 5.97 Å². The van der Waals surface area contributed by atoms with Gasteiger partial charge in [0.1, 0.15) is 6.10 Å². The fourth-order valence-electron chi connectivity index (χ4n) is 0.951. The first kappa shape index (κ1) is 8.06. The molecule has 70 valence electrons. The van der Waals surface area contributed by atoms with E-state index in [0.29, 0.717) is 18.9 Å². The molecule has 1 aromatic heterocycles. The molecule has 0 saturated carbocycles. The molecule has 2 heterocycles. The number of carbonyl (C=O) groups is 1. The van der Waals surface area contributed by atoms with Crippen molar-refractivity contribution in [1.29, 1.82) is 0 Å². The Morgan fingerprint density at radius 2 is 2.54 bits per heavy atom. The van der Waals surface area contributed by atoms with Crippen LogP contribution in [0.15, 0.2) is 6.20 Å². The number of nitrogen functional groups attached to an aromatic ring is 1. The molecule has 1 aliphatic heterocycles. The molecule has 0 bridgehead atoms. The van der Waals surface area contributed by atoms with Crippen LogP contribution in [-0.2, 0) is 9.47 Å². The standard InChI is InChI=1S/C7H9N3O3/c8-5-1-9-10-6(5)7(11)13-4-2-12-3-4/h1,4H,2-3,8H2,(H,9,10). The number of anilines is 1. The Morgan fingerprint density at radius 3 is 3.00 bits per heavy atom. The third kappa shape index (κ3) is 1.48. The monoisotopic (exact) mass is 183 g/mol. The molecule has 0 spiro atoms. The zero-order valence-electron chi connectivity index (χ0n) is 6.82. The van der Waals surface area contributed by atoms with Crippen molar-refractivity contribution in [3.05, 3.63) is 11.9 Å². The van der Waals surface area contributed by atoms with Crippen LogP contribution in [0.25, 0.3) is 0 Å². The summed E-state index contributed by atoms with van der Waals surface area (Å²) in [6, 6.07) is 0. The van der Waals surface area contributed by atoms with Gasteiger partial charge in [-0.1, -0.05) is 0 Å². The number of rotatable bonds is 2. The van der Waals surface area contributed by atoms with Gasteiger partial charge in [-0.25, -0.2) is 4.79 Å². The summed E-state index contributed by atoms with van der Waals surface area (Å²) in [4.78, 5) is 11.3. The van der Waals surface area contributed by atoms with Gasteiger partial charge in [-0.2, -0.15) is 5.10 Å². The van der Waals surface area contributed by atoms with Crippen LogP contribution >= 0.6 is 0 Å². The Balaban J connectivity index is 2.00. The van der Waals surface area contributed by atoms with Crippen LogP contribution in [0.3, 0.4) is 0 Å². The normalized spacial score (nSPS) is 16.6. The van der Waals surface area contributed by atoms with Crippen LogP contribution in [0.4, 0.5) is 5.69 Å². The Labute approximate surface area is 74.0 Å². The van der Waals surface area contributed by atoms with Gasteiger partial charge in [0.25, 0.3) is 0 Å². The van der Waals surface area contributed by atoms with Crippen molar-refractivity contribution >= 4 is 11.7 Å². The predicted molar refractivity (Wildman–Crippen MR) is 43.0 cm³/mol. The molecule has 3 N–H and O–H groups in total. The highest BCUT2D eigenvalue weighted by molar-refractivity contribution is 5.92. The highest BCUT2D eigenvalue weighted by Crippen LogP contribution is 2.12. The maximum atomic E-state index is 11.3. The summed E-state index contributed by atoms with van der Waals surface area (Å²) in [6.07, 6.45) is 1.23. The summed E-state index contributed by atoms with van der Waals surface area (Å²) in [6.45, 7) is 0.916. The van der Waals surface area contributed by atoms with Crippen molar-refractivity contribution in [3.63, 3.8) is 0 Å². The summed E-state index contributed by atoms with van der Waals surface area (Å²) in [5.74, 6) is -0.483. The number of nitrogens with one attached hydrogen (secondary N) is 1. The average Bonchev–Trinajstić information content (AvgIpc) is 2.43. The van der Waals surface area contributed by atoms with E-state index in [1.165, 1.54) is 6.20 Å². The Morgan fingerprint density at radius 1 is 1.77 bits per heavy atom. The van der Waals surface area contributed by atoms with Gasteiger partial charge >= 0.3 is 5.97 Å². The number of hydrogen-bond donors (Lipinski definition) is 2. The molecule has 1 aliphatic rings. The lowest BCUT2D eigenvalue weighted by atomic mass is 10.3. The van der Waals surface area contributed by atoms with Crippen LogP contribution in [0.1, 0.15) is 10.5 Å². The summed E-state index contributed by atoms with van der Waals surface area (Å²) in [5.41, 5.74) is 5.95.